The maximum atomic E-state index is 11.3. The lowest BCUT2D eigenvalue weighted by Crippen LogP contribution is -2.19. The van der Waals surface area contributed by atoms with Crippen molar-refractivity contribution < 1.29 is 4.79 Å². The molecule has 0 aromatic heterocycles. The third-order valence-electron chi connectivity index (χ3n) is 1.49. The van der Waals surface area contributed by atoms with Gasteiger partial charge in [-0.2, -0.15) is 0 Å². The molecule has 1 atom stereocenters. The van der Waals surface area contributed by atoms with Crippen LogP contribution in [0.25, 0.3) is 0 Å². The molecule has 0 aliphatic heterocycles. The van der Waals surface area contributed by atoms with E-state index in [2.05, 4.69) is 27.9 Å². The highest BCUT2D eigenvalue weighted by atomic mass is 127. The van der Waals surface area contributed by atoms with Gasteiger partial charge in [0, 0.05) is 0 Å². The number of amides is 1. The Morgan fingerprint density at radius 3 is 2.69 bits per heavy atom. The van der Waals surface area contributed by atoms with Crippen molar-refractivity contribution >= 4 is 45.8 Å². The predicted octanol–water partition coefficient (Wildman–Crippen LogP) is 3.10. The Kier molecular flexibility index (Phi) is 3.99. The Bertz CT molecular complexity index is 314. The second-order valence-electron chi connectivity index (χ2n) is 2.59. The van der Waals surface area contributed by atoms with E-state index in [1.807, 2.05) is 19.1 Å². The largest absolute Gasteiger partial charge is 0.324 e. The second kappa shape index (κ2) is 4.81. The number of para-hydroxylation sites is 1. The van der Waals surface area contributed by atoms with E-state index in [0.717, 1.165) is 0 Å². The quantitative estimate of drug-likeness (QED) is 0.660. The van der Waals surface area contributed by atoms with E-state index in [0.29, 0.717) is 10.7 Å². The molecule has 0 aliphatic rings. The molecule has 1 unspecified atom stereocenters. The predicted molar refractivity (Wildman–Crippen MR) is 63.6 cm³/mol. The van der Waals surface area contributed by atoms with Gasteiger partial charge in [0.15, 0.2) is 0 Å². The molecule has 0 bridgehead atoms. The second-order valence-corrected chi connectivity index (χ2v) is 4.86. The van der Waals surface area contributed by atoms with Crippen LogP contribution in [0.1, 0.15) is 6.92 Å². The van der Waals surface area contributed by atoms with Crippen molar-refractivity contribution in [3.05, 3.63) is 29.3 Å². The normalized spacial score (nSPS) is 12.2. The van der Waals surface area contributed by atoms with Gasteiger partial charge >= 0.3 is 0 Å². The molecule has 0 saturated carbocycles. The van der Waals surface area contributed by atoms with Crippen molar-refractivity contribution in [2.24, 2.45) is 0 Å². The number of carbonyl (C=O) groups is 1. The summed E-state index contributed by atoms with van der Waals surface area (Å²) in [6, 6.07) is 7.18. The number of hydrogen-bond acceptors (Lipinski definition) is 1. The highest BCUT2D eigenvalue weighted by Gasteiger charge is 2.09. The summed E-state index contributed by atoms with van der Waals surface area (Å²) >= 11 is 7.91. The molecular weight excluding hydrogens is 300 g/mol. The van der Waals surface area contributed by atoms with E-state index in [9.17, 15) is 4.79 Å². The van der Waals surface area contributed by atoms with Gasteiger partial charge in [0.1, 0.15) is 0 Å². The van der Waals surface area contributed by atoms with Gasteiger partial charge in [0.2, 0.25) is 5.91 Å². The van der Waals surface area contributed by atoms with Crippen LogP contribution in [0.15, 0.2) is 24.3 Å². The lowest BCUT2D eigenvalue weighted by Gasteiger charge is -2.07. The number of benzene rings is 1. The van der Waals surface area contributed by atoms with Crippen molar-refractivity contribution in [3.8, 4) is 0 Å². The average molecular weight is 310 g/mol. The number of rotatable bonds is 2. The number of hydrogen-bond donors (Lipinski definition) is 1. The topological polar surface area (TPSA) is 29.1 Å². The summed E-state index contributed by atoms with van der Waals surface area (Å²) in [4.78, 5) is 11.3. The summed E-state index contributed by atoms with van der Waals surface area (Å²) in [7, 11) is 0. The molecule has 1 aromatic carbocycles. The molecule has 0 radical (unpaired) electrons. The molecule has 1 N–H and O–H groups in total. The third kappa shape index (κ3) is 3.15. The standard InChI is InChI=1S/C9H9ClINO/c1-6(11)9(13)12-8-5-3-2-4-7(8)10/h2-6H,1H3,(H,12,13). The van der Waals surface area contributed by atoms with Gasteiger partial charge in [-0.3, -0.25) is 4.79 Å². The van der Waals surface area contributed by atoms with Crippen LogP contribution in [-0.4, -0.2) is 9.83 Å². The van der Waals surface area contributed by atoms with Gasteiger partial charge in [-0.05, 0) is 19.1 Å². The fraction of sp³-hybridized carbons (Fsp3) is 0.222. The van der Waals surface area contributed by atoms with Crippen molar-refractivity contribution in [3.63, 3.8) is 0 Å². The summed E-state index contributed by atoms with van der Waals surface area (Å²) in [5, 5.41) is 3.29. The van der Waals surface area contributed by atoms with Crippen molar-refractivity contribution in [2.45, 2.75) is 10.8 Å². The first kappa shape index (κ1) is 10.8. The van der Waals surface area contributed by atoms with E-state index in [1.165, 1.54) is 0 Å². The zero-order valence-corrected chi connectivity index (χ0v) is 9.96. The minimum absolute atomic E-state index is 0.0336. The minimum Gasteiger partial charge on any atom is -0.324 e. The maximum absolute atomic E-state index is 11.3. The Morgan fingerprint density at radius 2 is 2.15 bits per heavy atom. The molecule has 0 saturated heterocycles. The number of nitrogens with one attached hydrogen (secondary N) is 1. The molecule has 0 heterocycles. The summed E-state index contributed by atoms with van der Waals surface area (Å²) in [5.41, 5.74) is 0.665. The van der Waals surface area contributed by atoms with Crippen LogP contribution in [0.4, 0.5) is 5.69 Å². The first-order valence-corrected chi connectivity index (χ1v) is 5.43. The smallest absolute Gasteiger partial charge is 0.237 e. The summed E-state index contributed by atoms with van der Waals surface area (Å²) in [6.07, 6.45) is 0. The van der Waals surface area contributed by atoms with Crippen LogP contribution >= 0.6 is 34.2 Å². The molecule has 1 aromatic rings. The number of carbonyl (C=O) groups excluding carboxylic acids is 1. The molecule has 1 rings (SSSR count). The first-order valence-electron chi connectivity index (χ1n) is 3.80. The lowest BCUT2D eigenvalue weighted by atomic mass is 10.3. The minimum atomic E-state index is -0.0612. The summed E-state index contributed by atoms with van der Waals surface area (Å²) in [6.45, 7) is 1.83. The van der Waals surface area contributed by atoms with E-state index >= 15 is 0 Å². The molecule has 13 heavy (non-hydrogen) atoms. The zero-order valence-electron chi connectivity index (χ0n) is 7.05. The Balaban J connectivity index is 2.75. The fourth-order valence-corrected chi connectivity index (χ4v) is 1.13. The number of alkyl halides is 1. The van der Waals surface area contributed by atoms with Crippen molar-refractivity contribution in [2.75, 3.05) is 5.32 Å². The van der Waals surface area contributed by atoms with Crippen molar-refractivity contribution in [1.82, 2.24) is 0 Å². The van der Waals surface area contributed by atoms with Gasteiger partial charge in [-0.25, -0.2) is 0 Å². The Morgan fingerprint density at radius 1 is 1.54 bits per heavy atom. The van der Waals surface area contributed by atoms with Crippen molar-refractivity contribution in [1.29, 1.82) is 0 Å². The van der Waals surface area contributed by atoms with Crippen LogP contribution in [0.5, 0.6) is 0 Å². The van der Waals surface area contributed by atoms with Gasteiger partial charge in [0.25, 0.3) is 0 Å². The molecule has 0 spiro atoms. The number of anilines is 1. The van der Waals surface area contributed by atoms with Gasteiger partial charge < -0.3 is 5.32 Å². The van der Waals surface area contributed by atoms with Gasteiger partial charge in [-0.1, -0.05) is 46.3 Å². The Labute approximate surface area is 95.8 Å². The molecule has 1 amide bonds. The highest BCUT2D eigenvalue weighted by molar-refractivity contribution is 14.1. The first-order chi connectivity index (χ1) is 6.11. The third-order valence-corrected chi connectivity index (χ3v) is 2.39. The monoisotopic (exact) mass is 309 g/mol. The van der Waals surface area contributed by atoms with Gasteiger partial charge in [-0.15, -0.1) is 0 Å². The maximum Gasteiger partial charge on any atom is 0.237 e. The molecule has 70 valence electrons. The van der Waals surface area contributed by atoms with Crippen LogP contribution in [0.3, 0.4) is 0 Å². The summed E-state index contributed by atoms with van der Waals surface area (Å²) in [5.74, 6) is -0.0336. The fourth-order valence-electron chi connectivity index (χ4n) is 0.795. The average Bonchev–Trinajstić information content (AvgIpc) is 2.08. The molecule has 0 fully saturated rings. The zero-order chi connectivity index (χ0) is 9.84. The summed E-state index contributed by atoms with van der Waals surface area (Å²) < 4.78 is -0.0612. The molecule has 4 heteroatoms. The van der Waals surface area contributed by atoms with E-state index in [4.69, 9.17) is 11.6 Å². The van der Waals surface area contributed by atoms with Crippen LogP contribution in [0, 0.1) is 0 Å². The highest BCUT2D eigenvalue weighted by Crippen LogP contribution is 2.20. The number of halogens is 2. The lowest BCUT2D eigenvalue weighted by molar-refractivity contribution is -0.115. The van der Waals surface area contributed by atoms with Crippen LogP contribution in [-0.2, 0) is 4.79 Å². The SMILES string of the molecule is CC(I)C(=O)Nc1ccccc1Cl. The molecule has 2 nitrogen and oxygen atoms in total. The van der Waals surface area contributed by atoms with E-state index in [1.54, 1.807) is 12.1 Å². The van der Waals surface area contributed by atoms with Gasteiger partial charge in [0.05, 0.1) is 14.6 Å². The van der Waals surface area contributed by atoms with E-state index in [-0.39, 0.29) is 9.83 Å². The Hall–Kier alpha value is -0.290. The van der Waals surface area contributed by atoms with Crippen LogP contribution < -0.4 is 5.32 Å². The van der Waals surface area contributed by atoms with Crippen LogP contribution in [0.2, 0.25) is 5.02 Å². The molecular formula is C9H9ClINO. The van der Waals surface area contributed by atoms with E-state index < -0.39 is 0 Å². The molecule has 0 aliphatic carbocycles.